The molecule has 1 amide bonds. The van der Waals surface area contributed by atoms with Gasteiger partial charge in [0.1, 0.15) is 0 Å². The monoisotopic (exact) mass is 290 g/mol. The van der Waals surface area contributed by atoms with Crippen molar-refractivity contribution in [2.24, 2.45) is 5.92 Å². The van der Waals surface area contributed by atoms with Crippen LogP contribution < -0.4 is 10.6 Å². The van der Waals surface area contributed by atoms with Gasteiger partial charge in [-0.2, -0.15) is 11.8 Å². The first-order chi connectivity index (χ1) is 9.74. The number of anilines is 2. The number of nitrogens with two attached hydrogens (primary N) is 1. The number of fused-ring (bicyclic) bond motifs is 1. The van der Waals surface area contributed by atoms with Gasteiger partial charge in [0.2, 0.25) is 5.91 Å². The van der Waals surface area contributed by atoms with Gasteiger partial charge in [-0.3, -0.25) is 4.79 Å². The molecule has 2 aliphatic rings. The fourth-order valence-corrected chi connectivity index (χ4v) is 4.39. The van der Waals surface area contributed by atoms with E-state index in [1.807, 2.05) is 34.9 Å². The molecule has 0 spiro atoms. The lowest BCUT2D eigenvalue weighted by molar-refractivity contribution is -0.119. The fourth-order valence-electron chi connectivity index (χ4n) is 3.18. The largest absolute Gasteiger partial charge is 0.399 e. The molecule has 1 aromatic rings. The minimum absolute atomic E-state index is 0.299. The van der Waals surface area contributed by atoms with E-state index in [0.29, 0.717) is 18.2 Å². The van der Waals surface area contributed by atoms with Crippen molar-refractivity contribution in [3.63, 3.8) is 0 Å². The first-order valence-corrected chi connectivity index (χ1v) is 8.66. The summed E-state index contributed by atoms with van der Waals surface area (Å²) in [6.45, 7) is 0.858. The first-order valence-electron chi connectivity index (χ1n) is 7.50. The van der Waals surface area contributed by atoms with Gasteiger partial charge in [-0.25, -0.2) is 0 Å². The molecule has 0 bridgehead atoms. The Hall–Kier alpha value is -1.16. The van der Waals surface area contributed by atoms with Crippen LogP contribution in [0, 0.1) is 5.92 Å². The normalized spacial score (nSPS) is 19.7. The Kier molecular flexibility index (Phi) is 4.20. The number of carbonyl (C=O) groups excluding carboxylic acids is 1. The molecular formula is C16H22N2OS. The molecule has 1 saturated heterocycles. The number of nitrogen functional groups attached to an aromatic ring is 1. The third-order valence-corrected chi connectivity index (χ3v) is 5.38. The van der Waals surface area contributed by atoms with E-state index in [4.69, 9.17) is 5.73 Å². The predicted molar refractivity (Wildman–Crippen MR) is 86.2 cm³/mol. The molecule has 0 aromatic heterocycles. The molecule has 0 unspecified atom stereocenters. The highest BCUT2D eigenvalue weighted by Gasteiger charge is 2.25. The summed E-state index contributed by atoms with van der Waals surface area (Å²) in [6.07, 6.45) is 5.18. The van der Waals surface area contributed by atoms with Gasteiger partial charge in [-0.1, -0.05) is 0 Å². The van der Waals surface area contributed by atoms with Crippen LogP contribution in [0.4, 0.5) is 11.4 Å². The van der Waals surface area contributed by atoms with Gasteiger partial charge in [-0.15, -0.1) is 0 Å². The van der Waals surface area contributed by atoms with Crippen molar-refractivity contribution in [1.82, 2.24) is 0 Å². The van der Waals surface area contributed by atoms with Gasteiger partial charge in [0.05, 0.1) is 0 Å². The summed E-state index contributed by atoms with van der Waals surface area (Å²) in [5.74, 6) is 3.31. The maximum Gasteiger partial charge on any atom is 0.227 e. The second-order valence-electron chi connectivity index (χ2n) is 5.80. The number of thioether (sulfide) groups is 1. The number of amides is 1. The third-order valence-electron chi connectivity index (χ3n) is 4.33. The maximum atomic E-state index is 12.6. The van der Waals surface area contributed by atoms with Gasteiger partial charge < -0.3 is 10.6 Å². The summed E-state index contributed by atoms with van der Waals surface area (Å²) < 4.78 is 0. The maximum absolute atomic E-state index is 12.6. The molecule has 0 aliphatic carbocycles. The molecular weight excluding hydrogens is 268 g/mol. The molecule has 108 valence electrons. The van der Waals surface area contributed by atoms with Crippen LogP contribution >= 0.6 is 11.8 Å². The molecule has 2 N–H and O–H groups in total. The summed E-state index contributed by atoms with van der Waals surface area (Å²) in [6, 6.07) is 5.94. The zero-order valence-electron chi connectivity index (χ0n) is 11.8. The lowest BCUT2D eigenvalue weighted by Gasteiger charge is -2.31. The van der Waals surface area contributed by atoms with Crippen LogP contribution in [0.2, 0.25) is 0 Å². The Labute approximate surface area is 124 Å². The number of aryl methyl sites for hydroxylation is 1. The molecule has 1 aromatic carbocycles. The van der Waals surface area contributed by atoms with Crippen LogP contribution in [0.15, 0.2) is 18.2 Å². The van der Waals surface area contributed by atoms with E-state index in [-0.39, 0.29) is 0 Å². The van der Waals surface area contributed by atoms with Crippen molar-refractivity contribution in [2.75, 3.05) is 28.7 Å². The molecule has 3 rings (SSSR count). The molecule has 0 atom stereocenters. The smallest absolute Gasteiger partial charge is 0.227 e. The number of nitrogens with zero attached hydrogens (tertiary/aromatic N) is 1. The molecule has 4 heteroatoms. The van der Waals surface area contributed by atoms with E-state index in [1.165, 1.54) is 29.9 Å². The van der Waals surface area contributed by atoms with E-state index in [1.54, 1.807) is 0 Å². The average molecular weight is 290 g/mol. The summed E-state index contributed by atoms with van der Waals surface area (Å²) in [5.41, 5.74) is 8.95. The first kappa shape index (κ1) is 13.8. The molecule has 0 radical (unpaired) electrons. The van der Waals surface area contributed by atoms with E-state index in [2.05, 4.69) is 0 Å². The highest BCUT2D eigenvalue weighted by molar-refractivity contribution is 7.99. The molecule has 20 heavy (non-hydrogen) atoms. The van der Waals surface area contributed by atoms with E-state index in [9.17, 15) is 4.79 Å². The van der Waals surface area contributed by atoms with Crippen LogP contribution in [0.1, 0.15) is 31.2 Å². The van der Waals surface area contributed by atoms with Crippen molar-refractivity contribution in [3.05, 3.63) is 23.8 Å². The molecule has 1 fully saturated rings. The van der Waals surface area contributed by atoms with Crippen molar-refractivity contribution in [3.8, 4) is 0 Å². The SMILES string of the molecule is Nc1ccc2c(c1)CCCN2C(=O)CC1CCSCC1. The van der Waals surface area contributed by atoms with Gasteiger partial charge in [0, 0.05) is 24.3 Å². The highest BCUT2D eigenvalue weighted by Crippen LogP contribution is 2.31. The Balaban J connectivity index is 1.72. The molecule has 3 nitrogen and oxygen atoms in total. The standard InChI is InChI=1S/C16H22N2OS/c17-14-3-4-15-13(11-14)2-1-7-18(15)16(19)10-12-5-8-20-9-6-12/h3-4,11-12H,1-2,5-10,17H2. The highest BCUT2D eigenvalue weighted by atomic mass is 32.2. The second kappa shape index (κ2) is 6.08. The van der Waals surface area contributed by atoms with Crippen LogP contribution in [-0.2, 0) is 11.2 Å². The molecule has 2 heterocycles. The van der Waals surface area contributed by atoms with Gasteiger partial charge in [-0.05, 0) is 66.9 Å². The Bertz CT molecular complexity index is 497. The van der Waals surface area contributed by atoms with E-state index < -0.39 is 0 Å². The second-order valence-corrected chi connectivity index (χ2v) is 7.02. The minimum atomic E-state index is 0.299. The van der Waals surface area contributed by atoms with Crippen molar-refractivity contribution in [2.45, 2.75) is 32.1 Å². The van der Waals surface area contributed by atoms with Crippen LogP contribution in [0.5, 0.6) is 0 Å². The van der Waals surface area contributed by atoms with Gasteiger partial charge in [0.15, 0.2) is 0 Å². The Morgan fingerprint density at radius 2 is 2.15 bits per heavy atom. The number of hydrogen-bond acceptors (Lipinski definition) is 3. The lowest BCUT2D eigenvalue weighted by atomic mass is 9.96. The minimum Gasteiger partial charge on any atom is -0.399 e. The van der Waals surface area contributed by atoms with Crippen LogP contribution in [0.25, 0.3) is 0 Å². The van der Waals surface area contributed by atoms with E-state index in [0.717, 1.165) is 30.8 Å². The summed E-state index contributed by atoms with van der Waals surface area (Å²) >= 11 is 2.01. The van der Waals surface area contributed by atoms with E-state index >= 15 is 0 Å². The lowest BCUT2D eigenvalue weighted by Crippen LogP contribution is -2.36. The van der Waals surface area contributed by atoms with Crippen molar-refractivity contribution < 1.29 is 4.79 Å². The Morgan fingerprint density at radius 1 is 1.35 bits per heavy atom. The molecule has 2 aliphatic heterocycles. The zero-order chi connectivity index (χ0) is 13.9. The molecule has 0 saturated carbocycles. The number of carbonyl (C=O) groups is 1. The van der Waals surface area contributed by atoms with Crippen LogP contribution in [0.3, 0.4) is 0 Å². The topological polar surface area (TPSA) is 46.3 Å². The fraction of sp³-hybridized carbons (Fsp3) is 0.562. The number of hydrogen-bond donors (Lipinski definition) is 1. The quantitative estimate of drug-likeness (QED) is 0.851. The van der Waals surface area contributed by atoms with Crippen molar-refractivity contribution in [1.29, 1.82) is 0 Å². The van der Waals surface area contributed by atoms with Crippen LogP contribution in [-0.4, -0.2) is 24.0 Å². The average Bonchev–Trinajstić information content (AvgIpc) is 2.47. The summed E-state index contributed by atoms with van der Waals surface area (Å²) in [4.78, 5) is 14.6. The zero-order valence-corrected chi connectivity index (χ0v) is 12.6. The van der Waals surface area contributed by atoms with Gasteiger partial charge >= 0.3 is 0 Å². The summed E-state index contributed by atoms with van der Waals surface area (Å²) in [7, 11) is 0. The predicted octanol–water partition coefficient (Wildman–Crippen LogP) is 3.08. The Morgan fingerprint density at radius 3 is 2.95 bits per heavy atom. The third kappa shape index (κ3) is 2.95. The summed E-state index contributed by atoms with van der Waals surface area (Å²) in [5, 5.41) is 0. The van der Waals surface area contributed by atoms with Gasteiger partial charge in [0.25, 0.3) is 0 Å². The number of rotatable bonds is 2. The van der Waals surface area contributed by atoms with Crippen molar-refractivity contribution >= 4 is 29.0 Å². The number of benzene rings is 1.